The zero-order valence-electron chi connectivity index (χ0n) is 24.0. The second-order valence-electron chi connectivity index (χ2n) is 12.3. The van der Waals surface area contributed by atoms with E-state index in [-0.39, 0.29) is 48.8 Å². The van der Waals surface area contributed by atoms with Gasteiger partial charge in [0.25, 0.3) is 5.91 Å². The summed E-state index contributed by atoms with van der Waals surface area (Å²) in [6.45, 7) is 3.99. The number of nitrogens with zero attached hydrogens (tertiary/aromatic N) is 3. The summed E-state index contributed by atoms with van der Waals surface area (Å²) in [7, 11) is 0. The van der Waals surface area contributed by atoms with Crippen LogP contribution in [0, 0.1) is 34.7 Å². The van der Waals surface area contributed by atoms with E-state index < -0.39 is 52.3 Å². The Bertz CT molecular complexity index is 1700. The summed E-state index contributed by atoms with van der Waals surface area (Å²) in [6, 6.07) is 7.74. The maximum atomic E-state index is 14.5. The van der Waals surface area contributed by atoms with Gasteiger partial charge >= 0.3 is 0 Å². The van der Waals surface area contributed by atoms with Crippen molar-refractivity contribution < 1.29 is 27.6 Å². The van der Waals surface area contributed by atoms with Crippen molar-refractivity contribution in [2.45, 2.75) is 69.9 Å². The van der Waals surface area contributed by atoms with Gasteiger partial charge in [-0.1, -0.05) is 32.4 Å². The lowest BCUT2D eigenvalue weighted by atomic mass is 9.79. The first-order valence-electron chi connectivity index (χ1n) is 14.7. The highest BCUT2D eigenvalue weighted by Gasteiger charge is 2.57. The second kappa shape index (κ2) is 10.7. The summed E-state index contributed by atoms with van der Waals surface area (Å²) in [6.07, 6.45) is 3.23. The third-order valence-corrected chi connectivity index (χ3v) is 9.04. The maximum Gasteiger partial charge on any atom is 0.270 e. The zero-order valence-corrected chi connectivity index (χ0v) is 24.0. The van der Waals surface area contributed by atoms with Crippen molar-refractivity contribution in [1.82, 2.24) is 14.8 Å². The quantitative estimate of drug-likeness (QED) is 0.409. The molecule has 1 saturated heterocycles. The van der Waals surface area contributed by atoms with E-state index in [4.69, 9.17) is 0 Å². The van der Waals surface area contributed by atoms with Gasteiger partial charge in [0.05, 0.1) is 17.0 Å². The summed E-state index contributed by atoms with van der Waals surface area (Å²) in [5.41, 5.74) is 0.779. The Labute approximate surface area is 246 Å². The number of fused-ring (bicyclic) bond motifs is 3. The molecule has 2 N–H and O–H groups in total. The number of nitrogens with one attached hydrogen (secondary N) is 2. The number of carbonyl (C=O) groups excluding carboxylic acids is 3. The standard InChI is InChI=1S/C32H32F3N5O3/c1-17(2)10-26-30(42)40-16-32(14-19(40)15-36)21-11-18(7-8-24(21)38-31(32)43)6-4-3-5-9-39(26)29(41)25-12-20-22(33)13-23(34)27(35)28(20)37-25/h7-8,11-13,17,19,26,37H,3-6,9-10,14,16H2,1-2H3,(H,38,43)/t19-,26-,32-/m0/s1. The molecule has 224 valence electrons. The summed E-state index contributed by atoms with van der Waals surface area (Å²) in [4.78, 5) is 47.3. The number of nitriles is 1. The Hall–Kier alpha value is -4.33. The Morgan fingerprint density at radius 3 is 2.65 bits per heavy atom. The Morgan fingerprint density at radius 1 is 1.12 bits per heavy atom. The van der Waals surface area contributed by atoms with Gasteiger partial charge in [-0.15, -0.1) is 0 Å². The van der Waals surface area contributed by atoms with Gasteiger partial charge in [-0.3, -0.25) is 14.4 Å². The third kappa shape index (κ3) is 4.73. The van der Waals surface area contributed by atoms with Crippen LogP contribution in [0.4, 0.5) is 18.9 Å². The third-order valence-electron chi connectivity index (χ3n) is 9.04. The molecule has 8 nitrogen and oxygen atoms in total. The lowest BCUT2D eigenvalue weighted by Crippen LogP contribution is -2.53. The predicted octanol–water partition coefficient (Wildman–Crippen LogP) is 5.18. The summed E-state index contributed by atoms with van der Waals surface area (Å²) in [5, 5.41) is 12.8. The second-order valence-corrected chi connectivity index (χ2v) is 12.3. The average Bonchev–Trinajstić information content (AvgIpc) is 3.67. The van der Waals surface area contributed by atoms with Gasteiger partial charge in [0.2, 0.25) is 11.8 Å². The van der Waals surface area contributed by atoms with Crippen LogP contribution in [0.3, 0.4) is 0 Å². The number of halogens is 3. The molecular formula is C32H32F3N5O3. The molecule has 0 radical (unpaired) electrons. The molecule has 3 aliphatic rings. The number of aromatic amines is 1. The van der Waals surface area contributed by atoms with Crippen LogP contribution < -0.4 is 5.32 Å². The van der Waals surface area contributed by atoms with E-state index in [2.05, 4.69) is 16.4 Å². The molecule has 11 heteroatoms. The number of hydrogen-bond acceptors (Lipinski definition) is 4. The van der Waals surface area contributed by atoms with Gasteiger partial charge in [-0.2, -0.15) is 5.26 Å². The fraction of sp³-hybridized carbons (Fsp3) is 0.438. The lowest BCUT2D eigenvalue weighted by molar-refractivity contribution is -0.137. The number of anilines is 1. The summed E-state index contributed by atoms with van der Waals surface area (Å²) >= 11 is 0. The number of carbonyl (C=O) groups is 3. The molecule has 1 fully saturated rings. The highest BCUT2D eigenvalue weighted by atomic mass is 19.2. The van der Waals surface area contributed by atoms with E-state index in [0.717, 1.165) is 36.5 Å². The summed E-state index contributed by atoms with van der Waals surface area (Å²) < 4.78 is 43.0. The van der Waals surface area contributed by atoms with Crippen LogP contribution in [-0.2, 0) is 21.4 Å². The van der Waals surface area contributed by atoms with Crippen molar-refractivity contribution in [1.29, 1.82) is 5.26 Å². The SMILES string of the molecule is CC(C)C[C@H]1C(=O)N2C[C@]3(C[C@H]2C#N)C(=O)Nc2ccc(cc23)CCCCCN1C(=O)c1cc2c(F)cc(F)c(F)c2[nH]1. The molecule has 3 aromatic rings. The Kier molecular flexibility index (Phi) is 7.19. The number of hydrogen-bond donors (Lipinski definition) is 2. The van der Waals surface area contributed by atoms with Gasteiger partial charge in [-0.05, 0) is 54.9 Å². The summed E-state index contributed by atoms with van der Waals surface area (Å²) in [5.74, 6) is -5.12. The predicted molar refractivity (Wildman–Crippen MR) is 152 cm³/mol. The van der Waals surface area contributed by atoms with Gasteiger partial charge in [-0.25, -0.2) is 13.2 Å². The highest BCUT2D eigenvalue weighted by molar-refractivity contribution is 6.08. The fourth-order valence-corrected chi connectivity index (χ4v) is 6.87. The van der Waals surface area contributed by atoms with Crippen LogP contribution >= 0.6 is 0 Å². The molecule has 2 aromatic carbocycles. The average molecular weight is 592 g/mol. The molecule has 3 atom stereocenters. The smallest absolute Gasteiger partial charge is 0.270 e. The molecule has 3 aliphatic heterocycles. The van der Waals surface area contributed by atoms with Crippen molar-refractivity contribution in [3.05, 3.63) is 64.6 Å². The molecular weight excluding hydrogens is 559 g/mol. The Morgan fingerprint density at radius 2 is 1.91 bits per heavy atom. The molecule has 4 heterocycles. The molecule has 6 rings (SSSR count). The van der Waals surface area contributed by atoms with Crippen molar-refractivity contribution in [2.24, 2.45) is 5.92 Å². The number of H-pyrrole nitrogens is 1. The van der Waals surface area contributed by atoms with Crippen LogP contribution in [-0.4, -0.2) is 57.7 Å². The van der Waals surface area contributed by atoms with Crippen molar-refractivity contribution in [2.75, 3.05) is 18.4 Å². The normalized spacial score (nSPS) is 23.9. The monoisotopic (exact) mass is 591 g/mol. The number of aryl methyl sites for hydroxylation is 1. The van der Waals surface area contributed by atoms with Crippen LogP contribution in [0.2, 0.25) is 0 Å². The van der Waals surface area contributed by atoms with Gasteiger partial charge in [0.1, 0.15) is 23.6 Å². The fourth-order valence-electron chi connectivity index (χ4n) is 6.87. The van der Waals surface area contributed by atoms with Crippen molar-refractivity contribution >= 4 is 34.3 Å². The largest absolute Gasteiger partial charge is 0.348 e. The minimum Gasteiger partial charge on any atom is -0.348 e. The van der Waals surface area contributed by atoms with E-state index >= 15 is 0 Å². The molecule has 3 amide bonds. The first-order valence-corrected chi connectivity index (χ1v) is 14.7. The minimum atomic E-state index is -1.38. The minimum absolute atomic E-state index is 0.00887. The zero-order chi connectivity index (χ0) is 30.6. The van der Waals surface area contributed by atoms with Crippen LogP contribution in [0.1, 0.15) is 67.6 Å². The van der Waals surface area contributed by atoms with E-state index in [0.29, 0.717) is 18.2 Å². The number of aromatic nitrogens is 1. The molecule has 43 heavy (non-hydrogen) atoms. The molecule has 4 bridgehead atoms. The van der Waals surface area contributed by atoms with Crippen LogP contribution in [0.5, 0.6) is 0 Å². The van der Waals surface area contributed by atoms with E-state index in [1.165, 1.54) is 9.80 Å². The number of amides is 3. The van der Waals surface area contributed by atoms with Crippen molar-refractivity contribution in [3.8, 4) is 6.07 Å². The molecule has 1 aromatic heterocycles. The first kappa shape index (κ1) is 28.8. The number of benzene rings is 2. The molecule has 0 unspecified atom stereocenters. The van der Waals surface area contributed by atoms with E-state index in [1.807, 2.05) is 32.0 Å². The Balaban J connectivity index is 1.43. The topological polar surface area (TPSA) is 109 Å². The number of rotatable bonds is 3. The van der Waals surface area contributed by atoms with Crippen molar-refractivity contribution in [3.63, 3.8) is 0 Å². The van der Waals surface area contributed by atoms with Crippen LogP contribution in [0.25, 0.3) is 10.9 Å². The van der Waals surface area contributed by atoms with Gasteiger partial charge in [0.15, 0.2) is 11.6 Å². The highest BCUT2D eigenvalue weighted by Crippen LogP contribution is 2.47. The van der Waals surface area contributed by atoms with E-state index in [1.54, 1.807) is 0 Å². The molecule has 0 saturated carbocycles. The first-order chi connectivity index (χ1) is 20.5. The van der Waals surface area contributed by atoms with Crippen LogP contribution in [0.15, 0.2) is 30.3 Å². The maximum absolute atomic E-state index is 14.5. The molecule has 0 aliphatic carbocycles. The van der Waals surface area contributed by atoms with Gasteiger partial charge < -0.3 is 20.1 Å². The van der Waals surface area contributed by atoms with Gasteiger partial charge in [0, 0.05) is 36.7 Å². The van der Waals surface area contributed by atoms with E-state index in [9.17, 15) is 32.8 Å². The lowest BCUT2D eigenvalue weighted by Gasteiger charge is -2.35. The molecule has 1 spiro atoms.